The minimum Gasteiger partial charge on any atom is -0.504 e. The molecule has 0 aliphatic heterocycles. The number of aromatic hydroxyl groups is 2. The molecule has 0 spiro atoms. The first-order valence-corrected chi connectivity index (χ1v) is 6.77. The molecule has 3 N–H and O–H groups in total. The van der Waals surface area contributed by atoms with E-state index in [1.165, 1.54) is 12.1 Å². The Balaban J connectivity index is 2.02. The van der Waals surface area contributed by atoms with Crippen molar-refractivity contribution >= 4 is 23.2 Å². The average molecular weight is 307 g/mol. The van der Waals surface area contributed by atoms with Crippen LogP contribution in [0.1, 0.15) is 12.5 Å². The fourth-order valence-electron chi connectivity index (χ4n) is 1.88. The van der Waals surface area contributed by atoms with Crippen LogP contribution in [0.4, 0.5) is 5.69 Å². The molecule has 1 unspecified atom stereocenters. The Morgan fingerprint density at radius 1 is 1.33 bits per heavy atom. The van der Waals surface area contributed by atoms with Gasteiger partial charge in [0.1, 0.15) is 0 Å². The molecular formula is C15H15ClN2O3. The molecule has 5 nitrogen and oxygen atoms in total. The molecule has 1 heterocycles. The van der Waals surface area contributed by atoms with Crippen LogP contribution in [0.15, 0.2) is 36.5 Å². The summed E-state index contributed by atoms with van der Waals surface area (Å²) in [5.74, 6) is -0.906. The van der Waals surface area contributed by atoms with E-state index in [2.05, 4.69) is 10.3 Å². The summed E-state index contributed by atoms with van der Waals surface area (Å²) in [5.41, 5.74) is 1.22. The maximum Gasteiger partial charge on any atom is 0.227 e. The molecule has 0 fully saturated rings. The van der Waals surface area contributed by atoms with Crippen molar-refractivity contribution in [3.63, 3.8) is 0 Å². The molecule has 6 heteroatoms. The number of phenols is 2. The van der Waals surface area contributed by atoms with Gasteiger partial charge < -0.3 is 15.5 Å². The predicted molar refractivity (Wildman–Crippen MR) is 80.5 cm³/mol. The van der Waals surface area contributed by atoms with E-state index in [-0.39, 0.29) is 28.5 Å². The Kier molecular flexibility index (Phi) is 4.65. The number of phenolic OH excluding ortho intramolecular Hbond substituents is 2. The zero-order valence-corrected chi connectivity index (χ0v) is 12.1. The van der Waals surface area contributed by atoms with Crippen LogP contribution in [0.3, 0.4) is 0 Å². The van der Waals surface area contributed by atoms with Gasteiger partial charge in [-0.15, -0.1) is 0 Å². The highest BCUT2D eigenvalue weighted by Crippen LogP contribution is 2.26. The van der Waals surface area contributed by atoms with Gasteiger partial charge in [0.25, 0.3) is 0 Å². The Morgan fingerprint density at radius 3 is 2.76 bits per heavy atom. The lowest BCUT2D eigenvalue weighted by atomic mass is 10.00. The van der Waals surface area contributed by atoms with Crippen LogP contribution in [0, 0.1) is 5.92 Å². The molecule has 0 bridgehead atoms. The Hall–Kier alpha value is -2.27. The summed E-state index contributed by atoms with van der Waals surface area (Å²) in [6, 6.07) is 7.86. The zero-order valence-electron chi connectivity index (χ0n) is 11.4. The number of halogens is 1. The second-order valence-electron chi connectivity index (χ2n) is 4.76. The van der Waals surface area contributed by atoms with Gasteiger partial charge in [0, 0.05) is 12.1 Å². The fraction of sp³-hybridized carbons (Fsp3) is 0.200. The van der Waals surface area contributed by atoms with Crippen LogP contribution in [0.5, 0.6) is 11.5 Å². The summed E-state index contributed by atoms with van der Waals surface area (Å²) in [5, 5.41) is 21.7. The molecule has 0 saturated heterocycles. The second-order valence-corrected chi connectivity index (χ2v) is 5.12. The van der Waals surface area contributed by atoms with Crippen LogP contribution < -0.4 is 5.32 Å². The smallest absolute Gasteiger partial charge is 0.227 e. The zero-order chi connectivity index (χ0) is 15.4. The molecule has 2 aromatic rings. The van der Waals surface area contributed by atoms with E-state index in [0.29, 0.717) is 12.1 Å². The van der Waals surface area contributed by atoms with Gasteiger partial charge in [0.2, 0.25) is 5.91 Å². The number of anilines is 1. The molecule has 0 aliphatic rings. The normalized spacial score (nSPS) is 11.9. The summed E-state index contributed by atoms with van der Waals surface area (Å²) >= 11 is 5.88. The van der Waals surface area contributed by atoms with E-state index in [4.69, 9.17) is 11.6 Å². The lowest BCUT2D eigenvalue weighted by Crippen LogP contribution is -2.22. The van der Waals surface area contributed by atoms with E-state index < -0.39 is 0 Å². The van der Waals surface area contributed by atoms with Crippen molar-refractivity contribution in [2.24, 2.45) is 5.92 Å². The van der Waals surface area contributed by atoms with Crippen LogP contribution in [0.2, 0.25) is 5.15 Å². The Morgan fingerprint density at radius 2 is 2.10 bits per heavy atom. The standard InChI is InChI=1S/C15H15ClN2O3/c1-9(7-10-4-5-12(19)13(20)8-10)15(21)18-11-3-2-6-17-14(11)16/h2-6,8-9,19-20H,7H2,1H3,(H,18,21). The number of nitrogens with zero attached hydrogens (tertiary/aromatic N) is 1. The number of aromatic nitrogens is 1. The SMILES string of the molecule is CC(Cc1ccc(O)c(O)c1)C(=O)Nc1cccnc1Cl. The molecule has 2 rings (SSSR count). The topological polar surface area (TPSA) is 82.5 Å². The van der Waals surface area contributed by atoms with E-state index in [0.717, 1.165) is 5.56 Å². The highest BCUT2D eigenvalue weighted by atomic mass is 35.5. The highest BCUT2D eigenvalue weighted by molar-refractivity contribution is 6.32. The van der Waals surface area contributed by atoms with E-state index in [1.807, 2.05) is 0 Å². The molecule has 0 radical (unpaired) electrons. The number of carbonyl (C=O) groups is 1. The van der Waals surface area contributed by atoms with Gasteiger partial charge in [0.15, 0.2) is 16.7 Å². The molecular weight excluding hydrogens is 292 g/mol. The van der Waals surface area contributed by atoms with Gasteiger partial charge >= 0.3 is 0 Å². The molecule has 0 saturated carbocycles. The lowest BCUT2D eigenvalue weighted by Gasteiger charge is -2.13. The van der Waals surface area contributed by atoms with Gasteiger partial charge in [-0.05, 0) is 36.2 Å². The number of hydrogen-bond donors (Lipinski definition) is 3. The monoisotopic (exact) mass is 306 g/mol. The van der Waals surface area contributed by atoms with E-state index in [9.17, 15) is 15.0 Å². The summed E-state index contributed by atoms with van der Waals surface area (Å²) in [4.78, 5) is 16.0. The molecule has 21 heavy (non-hydrogen) atoms. The van der Waals surface area contributed by atoms with Gasteiger partial charge in [-0.2, -0.15) is 0 Å². The maximum atomic E-state index is 12.1. The van der Waals surface area contributed by atoms with Crippen LogP contribution in [0.25, 0.3) is 0 Å². The van der Waals surface area contributed by atoms with Gasteiger partial charge in [-0.3, -0.25) is 4.79 Å². The molecule has 1 aromatic carbocycles. The van der Waals surface area contributed by atoms with Crippen molar-refractivity contribution in [3.05, 3.63) is 47.2 Å². The van der Waals surface area contributed by atoms with E-state index in [1.54, 1.807) is 31.3 Å². The van der Waals surface area contributed by atoms with Crippen LogP contribution in [-0.2, 0) is 11.2 Å². The Bertz CT molecular complexity index is 661. The molecule has 0 aliphatic carbocycles. The van der Waals surface area contributed by atoms with Gasteiger partial charge in [0.05, 0.1) is 5.69 Å². The number of carbonyl (C=O) groups excluding carboxylic acids is 1. The first kappa shape index (κ1) is 15.1. The molecule has 1 atom stereocenters. The summed E-state index contributed by atoms with van der Waals surface area (Å²) < 4.78 is 0. The largest absolute Gasteiger partial charge is 0.504 e. The van der Waals surface area contributed by atoms with Crippen molar-refractivity contribution in [2.75, 3.05) is 5.32 Å². The molecule has 1 aromatic heterocycles. The van der Waals surface area contributed by atoms with Crippen molar-refractivity contribution < 1.29 is 15.0 Å². The summed E-state index contributed by atoms with van der Waals surface area (Å²) in [6.07, 6.45) is 1.97. The third kappa shape index (κ3) is 3.86. The first-order chi connectivity index (χ1) is 9.97. The number of benzene rings is 1. The predicted octanol–water partition coefficient (Wildman–Crippen LogP) is 2.96. The van der Waals surface area contributed by atoms with Crippen LogP contribution in [-0.4, -0.2) is 21.1 Å². The summed E-state index contributed by atoms with van der Waals surface area (Å²) in [7, 11) is 0. The molecule has 110 valence electrons. The third-order valence-electron chi connectivity index (χ3n) is 3.05. The highest BCUT2D eigenvalue weighted by Gasteiger charge is 2.16. The number of amides is 1. The third-order valence-corrected chi connectivity index (χ3v) is 3.35. The van der Waals surface area contributed by atoms with E-state index >= 15 is 0 Å². The van der Waals surface area contributed by atoms with Gasteiger partial charge in [-0.1, -0.05) is 24.6 Å². The molecule has 1 amide bonds. The summed E-state index contributed by atoms with van der Waals surface area (Å²) in [6.45, 7) is 1.77. The number of rotatable bonds is 4. The quantitative estimate of drug-likeness (QED) is 0.599. The number of hydrogen-bond acceptors (Lipinski definition) is 4. The maximum absolute atomic E-state index is 12.1. The van der Waals surface area contributed by atoms with Crippen molar-refractivity contribution in [3.8, 4) is 11.5 Å². The number of nitrogens with one attached hydrogen (secondary N) is 1. The van der Waals surface area contributed by atoms with Crippen molar-refractivity contribution in [2.45, 2.75) is 13.3 Å². The second kappa shape index (κ2) is 6.45. The first-order valence-electron chi connectivity index (χ1n) is 6.39. The fourth-order valence-corrected chi connectivity index (χ4v) is 2.04. The number of pyridine rings is 1. The van der Waals surface area contributed by atoms with Crippen molar-refractivity contribution in [1.29, 1.82) is 0 Å². The van der Waals surface area contributed by atoms with Crippen LogP contribution >= 0.6 is 11.6 Å². The minimum atomic E-state index is -0.329. The lowest BCUT2D eigenvalue weighted by molar-refractivity contribution is -0.119. The minimum absolute atomic E-state index is 0.182. The van der Waals surface area contributed by atoms with Gasteiger partial charge in [-0.25, -0.2) is 4.98 Å². The Labute approximate surface area is 127 Å². The average Bonchev–Trinajstić information content (AvgIpc) is 2.45. The van der Waals surface area contributed by atoms with Crippen molar-refractivity contribution in [1.82, 2.24) is 4.98 Å².